The molecule has 0 fully saturated rings. The summed E-state index contributed by atoms with van der Waals surface area (Å²) in [5.41, 5.74) is 10.3. The van der Waals surface area contributed by atoms with Crippen LogP contribution in [0.4, 0.5) is 5.69 Å². The minimum Gasteiger partial charge on any atom is -0.507 e. The lowest BCUT2D eigenvalue weighted by Crippen LogP contribution is -1.97. The van der Waals surface area contributed by atoms with Gasteiger partial charge in [0.15, 0.2) is 0 Å². The van der Waals surface area contributed by atoms with Crippen LogP contribution in [0.5, 0.6) is 0 Å². The molecule has 2 nitrogen and oxygen atoms in total. The van der Waals surface area contributed by atoms with Gasteiger partial charge in [0.05, 0.1) is 0 Å². The normalized spacial score (nSPS) is 13.0. The molecule has 0 saturated carbocycles. The summed E-state index contributed by atoms with van der Waals surface area (Å²) >= 11 is 0. The molecule has 2 aromatic rings. The van der Waals surface area contributed by atoms with Gasteiger partial charge in [-0.2, -0.15) is 0 Å². The highest BCUT2D eigenvalue weighted by Gasteiger charge is 2.10. The molecule has 0 amide bonds. The van der Waals surface area contributed by atoms with Crippen LogP contribution in [-0.4, -0.2) is 5.11 Å². The summed E-state index contributed by atoms with van der Waals surface area (Å²) < 4.78 is 0. The maximum absolute atomic E-state index is 10.2. The van der Waals surface area contributed by atoms with Gasteiger partial charge in [-0.05, 0) is 23.3 Å². The van der Waals surface area contributed by atoms with Crippen molar-refractivity contribution in [3.63, 3.8) is 0 Å². The SMILES string of the molecule is Nc1cccc2c1C=Cc1ccccc1C=C2O. The predicted molar refractivity (Wildman–Crippen MR) is 76.7 cm³/mol. The van der Waals surface area contributed by atoms with Gasteiger partial charge in [0.25, 0.3) is 0 Å². The maximum Gasteiger partial charge on any atom is 0.124 e. The van der Waals surface area contributed by atoms with Gasteiger partial charge in [-0.1, -0.05) is 48.6 Å². The van der Waals surface area contributed by atoms with E-state index < -0.39 is 0 Å². The molecule has 0 bridgehead atoms. The monoisotopic (exact) mass is 235 g/mol. The molecular formula is C16H13NO. The van der Waals surface area contributed by atoms with Crippen molar-refractivity contribution < 1.29 is 5.11 Å². The first-order valence-corrected chi connectivity index (χ1v) is 5.82. The molecule has 18 heavy (non-hydrogen) atoms. The Morgan fingerprint density at radius 3 is 2.44 bits per heavy atom. The van der Waals surface area contributed by atoms with E-state index in [0.29, 0.717) is 5.69 Å². The Kier molecular flexibility index (Phi) is 2.41. The zero-order valence-electron chi connectivity index (χ0n) is 9.80. The second-order valence-corrected chi connectivity index (χ2v) is 4.30. The summed E-state index contributed by atoms with van der Waals surface area (Å²) in [7, 11) is 0. The van der Waals surface area contributed by atoms with E-state index in [4.69, 9.17) is 5.73 Å². The molecular weight excluding hydrogens is 222 g/mol. The van der Waals surface area contributed by atoms with Gasteiger partial charge in [-0.15, -0.1) is 0 Å². The van der Waals surface area contributed by atoms with E-state index in [0.717, 1.165) is 22.3 Å². The topological polar surface area (TPSA) is 46.2 Å². The Labute approximate surface area is 106 Å². The van der Waals surface area contributed by atoms with Crippen LogP contribution < -0.4 is 5.73 Å². The zero-order valence-corrected chi connectivity index (χ0v) is 9.80. The number of nitrogen functional groups attached to an aromatic ring is 1. The quantitative estimate of drug-likeness (QED) is 0.682. The molecule has 3 N–H and O–H groups in total. The highest BCUT2D eigenvalue weighted by atomic mass is 16.3. The molecule has 0 heterocycles. The van der Waals surface area contributed by atoms with Crippen LogP contribution in [0.15, 0.2) is 42.5 Å². The van der Waals surface area contributed by atoms with E-state index in [9.17, 15) is 5.11 Å². The Bertz CT molecular complexity index is 669. The third-order valence-electron chi connectivity index (χ3n) is 3.13. The number of rotatable bonds is 0. The number of hydrogen-bond donors (Lipinski definition) is 2. The van der Waals surface area contributed by atoms with Crippen molar-refractivity contribution in [3.05, 3.63) is 64.7 Å². The molecule has 1 aliphatic carbocycles. The van der Waals surface area contributed by atoms with Crippen molar-refractivity contribution in [2.45, 2.75) is 0 Å². The molecule has 0 aromatic heterocycles. The summed E-state index contributed by atoms with van der Waals surface area (Å²) in [4.78, 5) is 0. The Hall–Kier alpha value is -2.48. The number of benzene rings is 2. The first-order valence-electron chi connectivity index (χ1n) is 5.82. The number of nitrogens with two attached hydrogens (primary N) is 1. The van der Waals surface area contributed by atoms with E-state index in [-0.39, 0.29) is 5.76 Å². The fraction of sp³-hybridized carbons (Fsp3) is 0. The van der Waals surface area contributed by atoms with Gasteiger partial charge in [-0.3, -0.25) is 0 Å². The van der Waals surface area contributed by atoms with Gasteiger partial charge < -0.3 is 10.8 Å². The minimum atomic E-state index is 0.245. The van der Waals surface area contributed by atoms with Crippen LogP contribution in [0.2, 0.25) is 0 Å². The number of aliphatic hydroxyl groups is 1. The third-order valence-corrected chi connectivity index (χ3v) is 3.13. The average Bonchev–Trinajstić information content (AvgIpc) is 2.36. The highest BCUT2D eigenvalue weighted by Crippen LogP contribution is 2.29. The fourth-order valence-electron chi connectivity index (χ4n) is 2.18. The largest absolute Gasteiger partial charge is 0.507 e. The first kappa shape index (κ1) is 10.7. The summed E-state index contributed by atoms with van der Waals surface area (Å²) in [5, 5.41) is 10.2. The molecule has 2 heteroatoms. The predicted octanol–water partition coefficient (Wildman–Crippen LogP) is 3.81. The average molecular weight is 235 g/mol. The Morgan fingerprint density at radius 1 is 0.833 bits per heavy atom. The van der Waals surface area contributed by atoms with Gasteiger partial charge in [0, 0.05) is 16.8 Å². The molecule has 0 spiro atoms. The van der Waals surface area contributed by atoms with Crippen LogP contribution in [0.3, 0.4) is 0 Å². The summed E-state index contributed by atoms with van der Waals surface area (Å²) in [6.07, 6.45) is 5.75. The number of aliphatic hydroxyl groups excluding tert-OH is 1. The number of anilines is 1. The van der Waals surface area contributed by atoms with Crippen molar-refractivity contribution >= 4 is 29.7 Å². The van der Waals surface area contributed by atoms with Gasteiger partial charge in [-0.25, -0.2) is 0 Å². The second-order valence-electron chi connectivity index (χ2n) is 4.30. The lowest BCUT2D eigenvalue weighted by molar-refractivity contribution is 0.515. The second kappa shape index (κ2) is 4.08. The number of hydrogen-bond acceptors (Lipinski definition) is 2. The lowest BCUT2D eigenvalue weighted by atomic mass is 9.96. The highest BCUT2D eigenvalue weighted by molar-refractivity contribution is 5.92. The summed E-state index contributed by atoms with van der Waals surface area (Å²) in [6, 6.07) is 13.5. The molecule has 0 unspecified atom stereocenters. The zero-order chi connectivity index (χ0) is 12.5. The maximum atomic E-state index is 10.2. The summed E-state index contributed by atoms with van der Waals surface area (Å²) in [5.74, 6) is 0.245. The van der Waals surface area contributed by atoms with E-state index in [1.807, 2.05) is 54.6 Å². The molecule has 2 aromatic carbocycles. The van der Waals surface area contributed by atoms with Crippen LogP contribution in [0.25, 0.3) is 24.0 Å². The van der Waals surface area contributed by atoms with Crippen molar-refractivity contribution in [1.29, 1.82) is 0 Å². The minimum absolute atomic E-state index is 0.245. The van der Waals surface area contributed by atoms with Crippen molar-refractivity contribution in [1.82, 2.24) is 0 Å². The Balaban J connectivity index is 2.28. The molecule has 0 radical (unpaired) electrons. The van der Waals surface area contributed by atoms with Crippen molar-refractivity contribution in [3.8, 4) is 0 Å². The van der Waals surface area contributed by atoms with Crippen LogP contribution in [-0.2, 0) is 0 Å². The first-order chi connectivity index (χ1) is 8.75. The molecule has 0 saturated heterocycles. The van der Waals surface area contributed by atoms with Gasteiger partial charge in [0.1, 0.15) is 5.76 Å². The molecule has 0 atom stereocenters. The van der Waals surface area contributed by atoms with E-state index in [1.54, 1.807) is 6.08 Å². The van der Waals surface area contributed by atoms with Crippen molar-refractivity contribution in [2.75, 3.05) is 5.73 Å². The van der Waals surface area contributed by atoms with Gasteiger partial charge >= 0.3 is 0 Å². The molecule has 0 aliphatic heterocycles. The Morgan fingerprint density at radius 2 is 1.61 bits per heavy atom. The van der Waals surface area contributed by atoms with Crippen LogP contribution in [0, 0.1) is 0 Å². The van der Waals surface area contributed by atoms with E-state index >= 15 is 0 Å². The van der Waals surface area contributed by atoms with Crippen molar-refractivity contribution in [2.24, 2.45) is 0 Å². The fourth-order valence-corrected chi connectivity index (χ4v) is 2.18. The molecule has 1 aliphatic rings. The lowest BCUT2D eigenvalue weighted by Gasteiger charge is -2.12. The van der Waals surface area contributed by atoms with Crippen LogP contribution >= 0.6 is 0 Å². The van der Waals surface area contributed by atoms with Gasteiger partial charge in [0.2, 0.25) is 0 Å². The third kappa shape index (κ3) is 1.68. The standard InChI is InChI=1S/C16H13NO/c17-15-7-3-6-14-13(15)9-8-11-4-1-2-5-12(11)10-16(14)18/h1-10,18H,17H2. The number of fused-ring (bicyclic) bond motifs is 2. The molecule has 3 rings (SSSR count). The van der Waals surface area contributed by atoms with Crippen LogP contribution in [0.1, 0.15) is 22.3 Å². The molecule has 88 valence electrons. The van der Waals surface area contributed by atoms with E-state index in [2.05, 4.69) is 0 Å². The summed E-state index contributed by atoms with van der Waals surface area (Å²) in [6.45, 7) is 0. The smallest absolute Gasteiger partial charge is 0.124 e. The van der Waals surface area contributed by atoms with E-state index in [1.165, 1.54) is 0 Å².